The van der Waals surface area contributed by atoms with Crippen molar-refractivity contribution in [1.82, 2.24) is 25.2 Å². The van der Waals surface area contributed by atoms with Crippen LogP contribution in [-0.2, 0) is 16.1 Å². The van der Waals surface area contributed by atoms with E-state index in [1.54, 1.807) is 15.6 Å². The van der Waals surface area contributed by atoms with E-state index >= 15 is 0 Å². The first kappa shape index (κ1) is 24.1. The van der Waals surface area contributed by atoms with Crippen LogP contribution in [0, 0.1) is 0 Å². The molecule has 9 heteroatoms. The summed E-state index contributed by atoms with van der Waals surface area (Å²) in [4.78, 5) is 29.5. The maximum Gasteiger partial charge on any atom is 0.247 e. The fourth-order valence-corrected chi connectivity index (χ4v) is 5.66. The fraction of sp³-hybridized carbons (Fsp3) is 0.481. The van der Waals surface area contributed by atoms with Crippen molar-refractivity contribution < 1.29 is 19.8 Å². The lowest BCUT2D eigenvalue weighted by Gasteiger charge is -2.40. The van der Waals surface area contributed by atoms with Crippen molar-refractivity contribution in [2.75, 3.05) is 0 Å². The van der Waals surface area contributed by atoms with Crippen LogP contribution < -0.4 is 5.32 Å². The van der Waals surface area contributed by atoms with Gasteiger partial charge in [-0.3, -0.25) is 9.59 Å². The van der Waals surface area contributed by atoms with Crippen LogP contribution in [0.4, 0.5) is 0 Å². The van der Waals surface area contributed by atoms with Crippen molar-refractivity contribution in [2.45, 2.75) is 82.5 Å². The largest absolute Gasteiger partial charge is 0.504 e. The van der Waals surface area contributed by atoms with Gasteiger partial charge in [-0.05, 0) is 55.5 Å². The predicted octanol–water partition coefficient (Wildman–Crippen LogP) is 3.80. The van der Waals surface area contributed by atoms with Crippen molar-refractivity contribution in [3.8, 4) is 11.5 Å². The number of nitrogens with zero attached hydrogens (tertiary/aromatic N) is 4. The van der Waals surface area contributed by atoms with Gasteiger partial charge in [0, 0.05) is 12.1 Å². The number of aromatic hydroxyl groups is 2. The van der Waals surface area contributed by atoms with E-state index in [0.717, 1.165) is 63.3 Å². The number of amides is 2. The smallest absolute Gasteiger partial charge is 0.247 e. The molecule has 1 heterocycles. The molecular formula is C27H33N5O4. The van der Waals surface area contributed by atoms with Crippen molar-refractivity contribution in [3.63, 3.8) is 0 Å². The van der Waals surface area contributed by atoms with Crippen LogP contribution in [0.15, 0.2) is 42.5 Å². The fourth-order valence-electron chi connectivity index (χ4n) is 5.66. The number of benzene rings is 2. The Kier molecular flexibility index (Phi) is 7.06. The van der Waals surface area contributed by atoms with E-state index in [4.69, 9.17) is 0 Å². The van der Waals surface area contributed by atoms with Crippen LogP contribution in [0.1, 0.15) is 69.4 Å². The van der Waals surface area contributed by atoms with Crippen LogP contribution in [0.2, 0.25) is 0 Å². The van der Waals surface area contributed by atoms with E-state index in [-0.39, 0.29) is 41.9 Å². The summed E-state index contributed by atoms with van der Waals surface area (Å²) in [5.41, 5.74) is 1.93. The normalized spacial score (nSPS) is 17.8. The van der Waals surface area contributed by atoms with Gasteiger partial charge in [-0.15, -0.1) is 5.10 Å². The van der Waals surface area contributed by atoms with Gasteiger partial charge in [-0.25, -0.2) is 4.68 Å². The minimum absolute atomic E-state index is 0.0473. The minimum atomic E-state index is -0.928. The number of aromatic nitrogens is 3. The molecule has 2 aliphatic rings. The van der Waals surface area contributed by atoms with Gasteiger partial charge in [0.1, 0.15) is 18.1 Å². The van der Waals surface area contributed by atoms with Crippen molar-refractivity contribution in [2.24, 2.45) is 0 Å². The van der Waals surface area contributed by atoms with Gasteiger partial charge >= 0.3 is 0 Å². The van der Waals surface area contributed by atoms with Gasteiger partial charge in [0.05, 0.1) is 5.52 Å². The molecule has 36 heavy (non-hydrogen) atoms. The van der Waals surface area contributed by atoms with Crippen LogP contribution in [0.3, 0.4) is 0 Å². The SMILES string of the molecule is O=C(NC1CCCC1)C(c1ccc(O)c(O)c1)N(C(=O)Cn1nnc2ccccc21)C1CCCCC1. The monoisotopic (exact) mass is 491 g/mol. The third-order valence-corrected chi connectivity index (χ3v) is 7.50. The Morgan fingerprint density at radius 3 is 2.44 bits per heavy atom. The standard InChI is InChI=1S/C27H33N5O4/c33-23-15-14-18(16-24(23)34)26(27(36)28-19-8-4-5-9-19)32(20-10-2-1-3-11-20)25(35)17-31-22-13-7-6-12-21(22)29-30-31/h6-7,12-16,19-20,26,33-34H,1-5,8-11,17H2,(H,28,36). The highest BCUT2D eigenvalue weighted by atomic mass is 16.3. The molecule has 0 saturated heterocycles. The molecule has 1 aromatic heterocycles. The van der Waals surface area contributed by atoms with Crippen LogP contribution in [0.5, 0.6) is 11.5 Å². The quantitative estimate of drug-likeness (QED) is 0.432. The third-order valence-electron chi connectivity index (χ3n) is 7.50. The molecule has 0 aliphatic heterocycles. The van der Waals surface area contributed by atoms with E-state index in [9.17, 15) is 19.8 Å². The lowest BCUT2D eigenvalue weighted by Crippen LogP contribution is -2.51. The minimum Gasteiger partial charge on any atom is -0.504 e. The number of para-hydroxylation sites is 1. The zero-order valence-corrected chi connectivity index (χ0v) is 20.3. The number of hydrogen-bond acceptors (Lipinski definition) is 6. The summed E-state index contributed by atoms with van der Waals surface area (Å²) in [6.07, 6.45) is 8.66. The van der Waals surface area contributed by atoms with Crippen LogP contribution in [-0.4, -0.2) is 54.0 Å². The molecule has 9 nitrogen and oxygen atoms in total. The number of phenolic OH excluding ortho intramolecular Hbond substituents is 2. The Hall–Kier alpha value is -3.62. The summed E-state index contributed by atoms with van der Waals surface area (Å²) >= 11 is 0. The number of carbonyl (C=O) groups excluding carboxylic acids is 2. The maximum absolute atomic E-state index is 14.0. The third kappa shape index (κ3) is 5.01. The molecule has 3 N–H and O–H groups in total. The topological polar surface area (TPSA) is 121 Å². The predicted molar refractivity (Wildman–Crippen MR) is 134 cm³/mol. The number of fused-ring (bicyclic) bond motifs is 1. The Balaban J connectivity index is 1.52. The van der Waals surface area contributed by atoms with Crippen LogP contribution >= 0.6 is 0 Å². The average Bonchev–Trinajstić information content (AvgIpc) is 3.55. The molecule has 2 aromatic carbocycles. The molecule has 2 saturated carbocycles. The van der Waals surface area contributed by atoms with E-state index < -0.39 is 6.04 Å². The summed E-state index contributed by atoms with van der Waals surface area (Å²) in [7, 11) is 0. The summed E-state index contributed by atoms with van der Waals surface area (Å²) in [5, 5.41) is 31.7. The first-order valence-electron chi connectivity index (χ1n) is 12.9. The van der Waals surface area contributed by atoms with E-state index in [2.05, 4.69) is 15.6 Å². The molecule has 3 aromatic rings. The number of rotatable bonds is 7. The number of nitrogens with one attached hydrogen (secondary N) is 1. The summed E-state index contributed by atoms with van der Waals surface area (Å²) in [6, 6.07) is 10.9. The Bertz CT molecular complexity index is 1230. The second kappa shape index (κ2) is 10.6. The molecule has 0 radical (unpaired) electrons. The van der Waals surface area contributed by atoms with Crippen molar-refractivity contribution in [3.05, 3.63) is 48.0 Å². The van der Waals surface area contributed by atoms with Gasteiger partial charge in [0.25, 0.3) is 0 Å². The lowest BCUT2D eigenvalue weighted by molar-refractivity contribution is -0.145. The first-order valence-corrected chi connectivity index (χ1v) is 12.9. The van der Waals surface area contributed by atoms with Gasteiger partial charge < -0.3 is 20.4 Å². The lowest BCUT2D eigenvalue weighted by atomic mass is 9.91. The number of carbonyl (C=O) groups is 2. The maximum atomic E-state index is 14.0. The Morgan fingerprint density at radius 1 is 0.972 bits per heavy atom. The summed E-state index contributed by atoms with van der Waals surface area (Å²) in [5.74, 6) is -1.06. The van der Waals surface area contributed by atoms with Gasteiger partial charge in [0.15, 0.2) is 11.5 Å². The zero-order chi connectivity index (χ0) is 25.1. The molecule has 1 atom stereocenters. The van der Waals surface area contributed by atoms with Crippen LogP contribution in [0.25, 0.3) is 11.0 Å². The van der Waals surface area contributed by atoms with Crippen molar-refractivity contribution >= 4 is 22.8 Å². The summed E-state index contributed by atoms with van der Waals surface area (Å²) in [6.45, 7) is -0.0473. The highest BCUT2D eigenvalue weighted by molar-refractivity contribution is 5.90. The second-order valence-electron chi connectivity index (χ2n) is 9.97. The molecule has 0 spiro atoms. The highest BCUT2D eigenvalue weighted by Crippen LogP contribution is 2.35. The van der Waals surface area contributed by atoms with E-state index in [1.165, 1.54) is 12.1 Å². The molecule has 0 bridgehead atoms. The molecule has 1 unspecified atom stereocenters. The first-order chi connectivity index (χ1) is 17.5. The highest BCUT2D eigenvalue weighted by Gasteiger charge is 2.38. The Labute approximate surface area is 210 Å². The van der Waals surface area contributed by atoms with E-state index in [1.807, 2.05) is 24.3 Å². The Morgan fingerprint density at radius 2 is 1.69 bits per heavy atom. The van der Waals surface area contributed by atoms with Gasteiger partial charge in [-0.2, -0.15) is 0 Å². The molecule has 2 aliphatic carbocycles. The molecule has 190 valence electrons. The van der Waals surface area contributed by atoms with E-state index in [0.29, 0.717) is 11.1 Å². The van der Waals surface area contributed by atoms with Gasteiger partial charge in [0.2, 0.25) is 11.8 Å². The molecular weight excluding hydrogens is 458 g/mol. The zero-order valence-electron chi connectivity index (χ0n) is 20.3. The molecule has 2 fully saturated rings. The molecule has 2 amide bonds. The van der Waals surface area contributed by atoms with Gasteiger partial charge in [-0.1, -0.05) is 55.5 Å². The molecule has 5 rings (SSSR count). The number of hydrogen-bond donors (Lipinski definition) is 3. The summed E-state index contributed by atoms with van der Waals surface area (Å²) < 4.78 is 1.58. The van der Waals surface area contributed by atoms with Crippen molar-refractivity contribution in [1.29, 1.82) is 0 Å². The average molecular weight is 492 g/mol. The number of phenols is 2. The second-order valence-corrected chi connectivity index (χ2v) is 9.97.